The molecule has 0 aliphatic rings. The van der Waals surface area contributed by atoms with Crippen LogP contribution in [0, 0.1) is 0 Å². The average molecular weight is 268 g/mol. The molecule has 0 saturated heterocycles. The Morgan fingerprint density at radius 1 is 1.53 bits per heavy atom. The lowest BCUT2D eigenvalue weighted by atomic mass is 10.1. The third-order valence-corrected chi connectivity index (χ3v) is 2.97. The van der Waals surface area contributed by atoms with Crippen LogP contribution in [0.5, 0.6) is 0 Å². The zero-order chi connectivity index (χ0) is 14.4. The van der Waals surface area contributed by atoms with Crippen LogP contribution in [0.1, 0.15) is 55.7 Å². The van der Waals surface area contributed by atoms with Gasteiger partial charge < -0.3 is 15.8 Å². The second-order valence-corrected chi connectivity index (χ2v) is 4.97. The van der Waals surface area contributed by atoms with Gasteiger partial charge in [-0.25, -0.2) is 0 Å². The summed E-state index contributed by atoms with van der Waals surface area (Å²) in [5, 5.41) is 9.73. The summed E-state index contributed by atoms with van der Waals surface area (Å²) in [4.78, 5) is 12.1. The molecule has 4 N–H and O–H groups in total. The van der Waals surface area contributed by atoms with Gasteiger partial charge in [-0.2, -0.15) is 5.10 Å². The Balaban J connectivity index is 2.77. The molecule has 1 atom stereocenters. The molecule has 1 heterocycles. The Bertz CT molecular complexity index is 409. The van der Waals surface area contributed by atoms with Crippen molar-refractivity contribution in [3.05, 3.63) is 11.4 Å². The van der Waals surface area contributed by atoms with Crippen molar-refractivity contribution in [2.75, 3.05) is 19.5 Å². The maximum Gasteiger partial charge on any atom is 0.274 e. The molecule has 0 aromatic carbocycles. The third kappa shape index (κ3) is 3.96. The summed E-state index contributed by atoms with van der Waals surface area (Å²) >= 11 is 0. The fourth-order valence-corrected chi connectivity index (χ4v) is 1.98. The monoisotopic (exact) mass is 268 g/mol. The lowest BCUT2D eigenvalue weighted by molar-refractivity contribution is 0.0887. The van der Waals surface area contributed by atoms with Gasteiger partial charge in [-0.3, -0.25) is 9.89 Å². The van der Waals surface area contributed by atoms with Crippen LogP contribution in [0.4, 0.5) is 5.69 Å². The number of carbonyl (C=O) groups excluding carboxylic acids is 1. The molecule has 0 aliphatic carbocycles. The van der Waals surface area contributed by atoms with Gasteiger partial charge in [0, 0.05) is 7.11 Å². The predicted molar refractivity (Wildman–Crippen MR) is 75.1 cm³/mol. The fraction of sp³-hybridized carbons (Fsp3) is 0.692. The zero-order valence-electron chi connectivity index (χ0n) is 12.1. The molecule has 19 heavy (non-hydrogen) atoms. The van der Waals surface area contributed by atoms with Gasteiger partial charge in [0.1, 0.15) is 0 Å². The number of amides is 1. The molecular formula is C13H24N4O2. The molecule has 0 bridgehead atoms. The van der Waals surface area contributed by atoms with Crippen molar-refractivity contribution in [1.82, 2.24) is 15.5 Å². The van der Waals surface area contributed by atoms with E-state index in [0.29, 0.717) is 12.3 Å². The molecule has 1 unspecified atom stereocenters. The Morgan fingerprint density at radius 2 is 2.21 bits per heavy atom. The number of rotatable bonds is 7. The molecule has 1 amide bonds. The van der Waals surface area contributed by atoms with Gasteiger partial charge in [0.05, 0.1) is 24.0 Å². The van der Waals surface area contributed by atoms with Crippen molar-refractivity contribution in [2.45, 2.75) is 45.6 Å². The SMILES string of the molecule is CCCC(COC)NC(=O)c1n[nH]c(C(C)C)c1N. The Morgan fingerprint density at radius 3 is 2.68 bits per heavy atom. The van der Waals surface area contributed by atoms with E-state index in [2.05, 4.69) is 22.4 Å². The summed E-state index contributed by atoms with van der Waals surface area (Å²) in [6, 6.07) is -0.0129. The van der Waals surface area contributed by atoms with Gasteiger partial charge in [-0.1, -0.05) is 27.2 Å². The second kappa shape index (κ2) is 7.13. The van der Waals surface area contributed by atoms with Gasteiger partial charge >= 0.3 is 0 Å². The molecule has 0 fully saturated rings. The van der Waals surface area contributed by atoms with E-state index in [-0.39, 0.29) is 23.6 Å². The van der Waals surface area contributed by atoms with E-state index in [1.165, 1.54) is 0 Å². The maximum absolute atomic E-state index is 12.1. The van der Waals surface area contributed by atoms with Crippen molar-refractivity contribution in [1.29, 1.82) is 0 Å². The van der Waals surface area contributed by atoms with Gasteiger partial charge in [0.25, 0.3) is 5.91 Å². The van der Waals surface area contributed by atoms with Gasteiger partial charge in [-0.05, 0) is 12.3 Å². The molecule has 0 aliphatic heterocycles. The summed E-state index contributed by atoms with van der Waals surface area (Å²) in [7, 11) is 1.62. The van der Waals surface area contributed by atoms with Gasteiger partial charge in [0.2, 0.25) is 0 Å². The van der Waals surface area contributed by atoms with E-state index in [4.69, 9.17) is 10.5 Å². The van der Waals surface area contributed by atoms with Crippen LogP contribution in [0.3, 0.4) is 0 Å². The number of hydrogen-bond donors (Lipinski definition) is 3. The number of nitrogens with one attached hydrogen (secondary N) is 2. The molecular weight excluding hydrogens is 244 g/mol. The number of aromatic nitrogens is 2. The highest BCUT2D eigenvalue weighted by molar-refractivity contribution is 5.97. The highest BCUT2D eigenvalue weighted by atomic mass is 16.5. The number of nitrogens with zero attached hydrogens (tertiary/aromatic N) is 1. The van der Waals surface area contributed by atoms with Crippen molar-refractivity contribution in [3.8, 4) is 0 Å². The van der Waals surface area contributed by atoms with Gasteiger partial charge in [-0.15, -0.1) is 0 Å². The van der Waals surface area contributed by atoms with E-state index >= 15 is 0 Å². The van der Waals surface area contributed by atoms with Crippen LogP contribution in [0.25, 0.3) is 0 Å². The standard InChI is InChI=1S/C13H24N4O2/c1-5-6-9(7-19-4)15-13(18)12-10(14)11(8(2)3)16-17-12/h8-9H,5-7,14H2,1-4H3,(H,15,18)(H,16,17). The summed E-state index contributed by atoms with van der Waals surface area (Å²) in [6.07, 6.45) is 1.84. The smallest absolute Gasteiger partial charge is 0.274 e. The molecule has 1 aromatic rings. The summed E-state index contributed by atoms with van der Waals surface area (Å²) in [6.45, 7) is 6.54. The van der Waals surface area contributed by atoms with E-state index in [1.807, 2.05) is 13.8 Å². The number of carbonyl (C=O) groups is 1. The van der Waals surface area contributed by atoms with Crippen molar-refractivity contribution < 1.29 is 9.53 Å². The first-order valence-corrected chi connectivity index (χ1v) is 6.64. The fourth-order valence-electron chi connectivity index (χ4n) is 1.98. The van der Waals surface area contributed by atoms with Crippen molar-refractivity contribution in [3.63, 3.8) is 0 Å². The molecule has 6 nitrogen and oxygen atoms in total. The first-order valence-electron chi connectivity index (χ1n) is 6.64. The highest BCUT2D eigenvalue weighted by Gasteiger charge is 2.21. The lowest BCUT2D eigenvalue weighted by Crippen LogP contribution is -2.38. The molecule has 1 rings (SSSR count). The first-order chi connectivity index (χ1) is 9.01. The van der Waals surface area contributed by atoms with Crippen LogP contribution in [-0.4, -0.2) is 35.9 Å². The van der Waals surface area contributed by atoms with Crippen LogP contribution >= 0.6 is 0 Å². The number of H-pyrrole nitrogens is 1. The van der Waals surface area contributed by atoms with Crippen LogP contribution < -0.4 is 11.1 Å². The van der Waals surface area contributed by atoms with E-state index in [0.717, 1.165) is 18.5 Å². The summed E-state index contributed by atoms with van der Waals surface area (Å²) in [5.74, 6) is -0.0457. The van der Waals surface area contributed by atoms with Crippen LogP contribution in [0.15, 0.2) is 0 Å². The molecule has 6 heteroatoms. The minimum atomic E-state index is -0.254. The quantitative estimate of drug-likeness (QED) is 0.701. The Kier molecular flexibility index (Phi) is 5.82. The normalized spacial score (nSPS) is 12.7. The maximum atomic E-state index is 12.1. The Hall–Kier alpha value is -1.56. The number of aromatic amines is 1. The third-order valence-electron chi connectivity index (χ3n) is 2.97. The second-order valence-electron chi connectivity index (χ2n) is 4.97. The zero-order valence-corrected chi connectivity index (χ0v) is 12.1. The van der Waals surface area contributed by atoms with Gasteiger partial charge in [0.15, 0.2) is 5.69 Å². The van der Waals surface area contributed by atoms with Crippen molar-refractivity contribution >= 4 is 11.6 Å². The molecule has 0 saturated carbocycles. The van der Waals surface area contributed by atoms with Crippen molar-refractivity contribution in [2.24, 2.45) is 0 Å². The van der Waals surface area contributed by atoms with Crippen LogP contribution in [0.2, 0.25) is 0 Å². The molecule has 0 radical (unpaired) electrons. The number of ether oxygens (including phenoxy) is 1. The summed E-state index contributed by atoms with van der Waals surface area (Å²) in [5.41, 5.74) is 7.43. The highest BCUT2D eigenvalue weighted by Crippen LogP contribution is 2.22. The number of nitrogen functional groups attached to an aromatic ring is 1. The lowest BCUT2D eigenvalue weighted by Gasteiger charge is -2.16. The number of anilines is 1. The summed E-state index contributed by atoms with van der Waals surface area (Å²) < 4.78 is 5.09. The topological polar surface area (TPSA) is 93.0 Å². The van der Waals surface area contributed by atoms with Crippen LogP contribution in [-0.2, 0) is 4.74 Å². The molecule has 108 valence electrons. The number of methoxy groups -OCH3 is 1. The Labute approximate surface area is 114 Å². The largest absolute Gasteiger partial charge is 0.395 e. The minimum Gasteiger partial charge on any atom is -0.395 e. The molecule has 1 aromatic heterocycles. The number of nitrogens with two attached hydrogens (primary N) is 1. The van der Waals surface area contributed by atoms with E-state index in [1.54, 1.807) is 7.11 Å². The first kappa shape index (κ1) is 15.5. The molecule has 0 spiro atoms. The average Bonchev–Trinajstić information content (AvgIpc) is 2.71. The van der Waals surface area contributed by atoms with E-state index < -0.39 is 0 Å². The minimum absolute atomic E-state index is 0.0129. The number of hydrogen-bond acceptors (Lipinski definition) is 4. The van der Waals surface area contributed by atoms with E-state index in [9.17, 15) is 4.79 Å². The predicted octanol–water partition coefficient (Wildman–Crippen LogP) is 1.66.